The smallest absolute Gasteiger partial charge is 0.234 e. The van der Waals surface area contributed by atoms with Gasteiger partial charge in [0.1, 0.15) is 5.60 Å². The van der Waals surface area contributed by atoms with Crippen LogP contribution in [0.2, 0.25) is 0 Å². The van der Waals surface area contributed by atoms with Gasteiger partial charge < -0.3 is 19.5 Å². The molecule has 3 aliphatic rings. The molecule has 2 aromatic rings. The topological polar surface area (TPSA) is 69.7 Å². The number of benzene rings is 2. The average molecular weight is 374 g/mol. The molecule has 28 heavy (non-hydrogen) atoms. The number of anilines is 1. The minimum atomic E-state index is -1.23. The van der Waals surface area contributed by atoms with Crippen LogP contribution in [-0.4, -0.2) is 29.6 Å². The van der Waals surface area contributed by atoms with Crippen molar-refractivity contribution in [2.75, 3.05) is 4.90 Å². The molecule has 5 atom stereocenters. The number of carboxylic acids is 1. The maximum absolute atomic E-state index is 13.6. The third-order valence-electron chi connectivity index (χ3n) is 6.26. The summed E-state index contributed by atoms with van der Waals surface area (Å²) in [6.07, 6.45) is 3.57. The first-order valence-electron chi connectivity index (χ1n) is 9.47. The number of nitrogens with zero attached hydrogens (tertiary/aromatic N) is 1. The first kappa shape index (κ1) is 17.2. The molecular formula is C23H20NO4-. The zero-order chi connectivity index (χ0) is 19.6. The van der Waals surface area contributed by atoms with Crippen molar-refractivity contribution in [3.8, 4) is 0 Å². The van der Waals surface area contributed by atoms with Gasteiger partial charge >= 0.3 is 0 Å². The van der Waals surface area contributed by atoms with Crippen LogP contribution in [0.15, 0.2) is 66.8 Å². The summed E-state index contributed by atoms with van der Waals surface area (Å²) in [7, 11) is 0. The molecule has 5 nitrogen and oxygen atoms in total. The Hall–Kier alpha value is -2.92. The van der Waals surface area contributed by atoms with Crippen molar-refractivity contribution in [2.45, 2.75) is 31.1 Å². The molecule has 0 saturated carbocycles. The van der Waals surface area contributed by atoms with Crippen molar-refractivity contribution in [2.24, 2.45) is 11.8 Å². The number of carbonyl (C=O) groups is 2. The van der Waals surface area contributed by atoms with Gasteiger partial charge in [0.05, 0.1) is 23.8 Å². The van der Waals surface area contributed by atoms with E-state index in [9.17, 15) is 14.7 Å². The Bertz CT molecular complexity index is 1050. The molecule has 2 bridgehead atoms. The van der Waals surface area contributed by atoms with Gasteiger partial charge in [0.25, 0.3) is 0 Å². The van der Waals surface area contributed by atoms with Crippen molar-refractivity contribution in [1.29, 1.82) is 0 Å². The molecule has 142 valence electrons. The van der Waals surface area contributed by atoms with E-state index in [1.807, 2.05) is 55.5 Å². The molecule has 3 aliphatic heterocycles. The van der Waals surface area contributed by atoms with Gasteiger partial charge in [0.2, 0.25) is 5.91 Å². The van der Waals surface area contributed by atoms with E-state index in [4.69, 9.17) is 4.74 Å². The third-order valence-corrected chi connectivity index (χ3v) is 6.26. The summed E-state index contributed by atoms with van der Waals surface area (Å²) < 4.78 is 6.17. The van der Waals surface area contributed by atoms with Crippen LogP contribution in [-0.2, 0) is 14.3 Å². The highest BCUT2D eigenvalue weighted by atomic mass is 16.5. The summed E-state index contributed by atoms with van der Waals surface area (Å²) in [6.45, 7) is 5.95. The predicted molar refractivity (Wildman–Crippen MR) is 103 cm³/mol. The first-order chi connectivity index (χ1) is 13.4. The van der Waals surface area contributed by atoms with Gasteiger partial charge in [-0.25, -0.2) is 0 Å². The fraction of sp³-hybridized carbons (Fsp3) is 0.304. The van der Waals surface area contributed by atoms with E-state index in [1.165, 1.54) is 0 Å². The Kier molecular flexibility index (Phi) is 3.55. The van der Waals surface area contributed by atoms with Crippen LogP contribution < -0.4 is 10.0 Å². The number of ether oxygens (including phenoxy) is 1. The van der Waals surface area contributed by atoms with Crippen LogP contribution in [0.3, 0.4) is 0 Å². The highest BCUT2D eigenvalue weighted by molar-refractivity contribution is 6.09. The van der Waals surface area contributed by atoms with Gasteiger partial charge in [-0.2, -0.15) is 0 Å². The number of hydrogen-bond donors (Lipinski definition) is 0. The number of rotatable bonds is 4. The van der Waals surface area contributed by atoms with Crippen LogP contribution >= 0.6 is 0 Å². The van der Waals surface area contributed by atoms with Gasteiger partial charge in [0, 0.05) is 17.3 Å². The second kappa shape index (κ2) is 5.79. The van der Waals surface area contributed by atoms with Crippen molar-refractivity contribution >= 4 is 28.3 Å². The summed E-state index contributed by atoms with van der Waals surface area (Å²) in [4.78, 5) is 27.2. The van der Waals surface area contributed by atoms with Crippen LogP contribution in [0.1, 0.15) is 13.3 Å². The number of aliphatic carboxylic acids is 1. The average Bonchev–Trinajstić information content (AvgIpc) is 3.30. The zero-order valence-corrected chi connectivity index (χ0v) is 15.5. The quantitative estimate of drug-likeness (QED) is 0.770. The van der Waals surface area contributed by atoms with Gasteiger partial charge in [-0.05, 0) is 24.8 Å². The van der Waals surface area contributed by atoms with E-state index in [1.54, 1.807) is 11.0 Å². The fourth-order valence-electron chi connectivity index (χ4n) is 5.20. The van der Waals surface area contributed by atoms with Crippen molar-refractivity contribution in [1.82, 2.24) is 0 Å². The van der Waals surface area contributed by atoms with E-state index in [0.29, 0.717) is 6.42 Å². The Morgan fingerprint density at radius 3 is 2.75 bits per heavy atom. The van der Waals surface area contributed by atoms with Gasteiger partial charge in [-0.1, -0.05) is 54.1 Å². The molecule has 3 heterocycles. The molecule has 1 amide bonds. The third kappa shape index (κ3) is 2.11. The summed E-state index contributed by atoms with van der Waals surface area (Å²) in [5, 5.41) is 13.8. The Morgan fingerprint density at radius 2 is 2.00 bits per heavy atom. The largest absolute Gasteiger partial charge is 0.550 e. The van der Waals surface area contributed by atoms with E-state index < -0.39 is 29.5 Å². The predicted octanol–water partition coefficient (Wildman–Crippen LogP) is 2.21. The summed E-state index contributed by atoms with van der Waals surface area (Å²) in [5.74, 6) is -3.20. The molecule has 0 aromatic heterocycles. The minimum Gasteiger partial charge on any atom is -0.550 e. The molecule has 2 fully saturated rings. The Morgan fingerprint density at radius 1 is 1.25 bits per heavy atom. The Balaban J connectivity index is 1.71. The summed E-state index contributed by atoms with van der Waals surface area (Å²) >= 11 is 0. The highest BCUT2D eigenvalue weighted by Crippen LogP contribution is 2.57. The molecule has 0 unspecified atom stereocenters. The lowest BCUT2D eigenvalue weighted by molar-refractivity contribution is -0.313. The van der Waals surface area contributed by atoms with E-state index >= 15 is 0 Å². The molecular weight excluding hydrogens is 354 g/mol. The molecule has 0 N–H and O–H groups in total. The maximum Gasteiger partial charge on any atom is 0.234 e. The van der Waals surface area contributed by atoms with Crippen molar-refractivity contribution < 1.29 is 19.4 Å². The molecule has 5 heteroatoms. The number of carbonyl (C=O) groups excluding carboxylic acids is 2. The molecule has 5 rings (SSSR count). The lowest BCUT2D eigenvalue weighted by Crippen LogP contribution is -2.46. The van der Waals surface area contributed by atoms with Crippen molar-refractivity contribution in [3.05, 3.63) is 66.8 Å². The van der Waals surface area contributed by atoms with Crippen LogP contribution in [0.5, 0.6) is 0 Å². The Labute approximate surface area is 162 Å². The van der Waals surface area contributed by atoms with Crippen LogP contribution in [0, 0.1) is 11.8 Å². The number of amides is 1. The van der Waals surface area contributed by atoms with Gasteiger partial charge in [-0.15, -0.1) is 6.58 Å². The minimum absolute atomic E-state index is 0.219. The molecule has 0 radical (unpaired) electrons. The standard InChI is InChI=1S/C23H21NO4/c1-13(2)12-18-23-11-10-17(28-23)19(22(26)27)20(23)21(25)24(18)16-9-5-7-14-6-3-4-8-15(14)16/h3-11,17-20H,1,12H2,2H3,(H,26,27)/p-1/t17-,18+,19+,20+,23+/m0/s1. The highest BCUT2D eigenvalue weighted by Gasteiger charge is 2.69. The van der Waals surface area contributed by atoms with E-state index in [2.05, 4.69) is 6.58 Å². The number of fused-ring (bicyclic) bond motifs is 2. The fourth-order valence-corrected chi connectivity index (χ4v) is 5.20. The monoisotopic (exact) mass is 374 g/mol. The maximum atomic E-state index is 13.6. The molecule has 1 spiro atoms. The molecule has 0 aliphatic carbocycles. The zero-order valence-electron chi connectivity index (χ0n) is 15.5. The van der Waals surface area contributed by atoms with Crippen molar-refractivity contribution in [3.63, 3.8) is 0 Å². The van der Waals surface area contributed by atoms with E-state index in [-0.39, 0.29) is 11.9 Å². The normalized spacial score (nSPS) is 32.9. The summed E-state index contributed by atoms with van der Waals surface area (Å²) in [6, 6.07) is 13.3. The lowest BCUT2D eigenvalue weighted by atomic mass is 9.74. The van der Waals surface area contributed by atoms with Crippen LogP contribution in [0.4, 0.5) is 5.69 Å². The van der Waals surface area contributed by atoms with Gasteiger partial charge in [-0.3, -0.25) is 4.79 Å². The lowest BCUT2D eigenvalue weighted by Gasteiger charge is -2.34. The van der Waals surface area contributed by atoms with E-state index in [0.717, 1.165) is 22.0 Å². The van der Waals surface area contributed by atoms with Gasteiger partial charge in [0.15, 0.2) is 0 Å². The second-order valence-corrected chi connectivity index (χ2v) is 8.00. The summed E-state index contributed by atoms with van der Waals surface area (Å²) in [5.41, 5.74) is 0.730. The molecule has 2 saturated heterocycles. The SMILES string of the molecule is C=C(C)C[C@H]1N(c2cccc3ccccc23)C(=O)[C@H]2[C@H](C(=O)[O-])[C@@H]3C=C[C@]21O3. The number of carboxylic acid groups (broad SMARTS) is 1. The molecule has 2 aromatic carbocycles. The van der Waals surface area contributed by atoms with Crippen LogP contribution in [0.25, 0.3) is 10.8 Å². The first-order valence-corrected chi connectivity index (χ1v) is 9.47. The second-order valence-electron chi connectivity index (χ2n) is 8.00. The number of hydrogen-bond acceptors (Lipinski definition) is 4.